The van der Waals surface area contributed by atoms with Crippen LogP contribution in [0.25, 0.3) is 0 Å². The van der Waals surface area contributed by atoms with Crippen LogP contribution in [0.2, 0.25) is 0 Å². The SMILES string of the molecule is C=CCNS(=O)(=O)CC#N. The second-order valence-electron chi connectivity index (χ2n) is 1.55. The van der Waals surface area contributed by atoms with Gasteiger partial charge in [-0.3, -0.25) is 0 Å². The van der Waals surface area contributed by atoms with Crippen LogP contribution in [0.1, 0.15) is 0 Å². The van der Waals surface area contributed by atoms with Gasteiger partial charge in [0.2, 0.25) is 10.0 Å². The van der Waals surface area contributed by atoms with Crippen LogP contribution < -0.4 is 4.72 Å². The van der Waals surface area contributed by atoms with Crippen LogP contribution in [-0.2, 0) is 10.0 Å². The van der Waals surface area contributed by atoms with Gasteiger partial charge in [-0.05, 0) is 0 Å². The molecule has 1 N–H and O–H groups in total. The fourth-order valence-corrected chi connectivity index (χ4v) is 0.966. The molecule has 0 saturated carbocycles. The molecular formula is C5H8N2O2S. The van der Waals surface area contributed by atoms with Crippen molar-refractivity contribution in [3.05, 3.63) is 12.7 Å². The van der Waals surface area contributed by atoms with Gasteiger partial charge in [0.05, 0.1) is 6.07 Å². The van der Waals surface area contributed by atoms with Crippen molar-refractivity contribution in [3.8, 4) is 6.07 Å². The lowest BCUT2D eigenvalue weighted by Crippen LogP contribution is -2.25. The van der Waals surface area contributed by atoms with Crippen molar-refractivity contribution < 1.29 is 8.42 Å². The maximum absolute atomic E-state index is 10.6. The molecule has 0 saturated heterocycles. The zero-order valence-corrected chi connectivity index (χ0v) is 6.19. The van der Waals surface area contributed by atoms with Gasteiger partial charge in [-0.15, -0.1) is 6.58 Å². The Morgan fingerprint density at radius 1 is 1.70 bits per heavy atom. The van der Waals surface area contributed by atoms with Crippen molar-refractivity contribution in [2.75, 3.05) is 12.3 Å². The molecule has 0 radical (unpaired) electrons. The van der Waals surface area contributed by atoms with E-state index in [-0.39, 0.29) is 6.54 Å². The van der Waals surface area contributed by atoms with Gasteiger partial charge >= 0.3 is 0 Å². The smallest absolute Gasteiger partial charge is 0.211 e. The van der Waals surface area contributed by atoms with E-state index >= 15 is 0 Å². The monoisotopic (exact) mass is 160 g/mol. The van der Waals surface area contributed by atoms with Crippen LogP contribution in [0.4, 0.5) is 0 Å². The third-order valence-corrected chi connectivity index (χ3v) is 1.82. The summed E-state index contributed by atoms with van der Waals surface area (Å²) in [6.45, 7) is 3.48. The summed E-state index contributed by atoms with van der Waals surface area (Å²) in [6, 6.07) is 1.53. The first-order valence-electron chi connectivity index (χ1n) is 2.57. The Balaban J connectivity index is 3.91. The second kappa shape index (κ2) is 4.04. The van der Waals surface area contributed by atoms with Gasteiger partial charge in [0.1, 0.15) is 0 Å². The Labute approximate surface area is 60.2 Å². The highest BCUT2D eigenvalue weighted by Gasteiger charge is 2.05. The van der Waals surface area contributed by atoms with E-state index in [9.17, 15) is 8.42 Å². The number of sulfonamides is 1. The Hall–Kier alpha value is -0.860. The molecule has 0 aromatic carbocycles. The van der Waals surface area contributed by atoms with Crippen LogP contribution >= 0.6 is 0 Å². The zero-order valence-electron chi connectivity index (χ0n) is 5.37. The number of hydrogen-bond acceptors (Lipinski definition) is 3. The van der Waals surface area contributed by atoms with Crippen LogP contribution in [0.15, 0.2) is 12.7 Å². The van der Waals surface area contributed by atoms with Crippen LogP contribution in [-0.4, -0.2) is 20.7 Å². The lowest BCUT2D eigenvalue weighted by molar-refractivity contribution is 0.589. The van der Waals surface area contributed by atoms with Crippen LogP contribution in [0, 0.1) is 11.3 Å². The van der Waals surface area contributed by atoms with Gasteiger partial charge in [0.15, 0.2) is 5.75 Å². The van der Waals surface area contributed by atoms with Gasteiger partial charge in [0.25, 0.3) is 0 Å². The molecule has 0 rings (SSSR count). The normalized spacial score (nSPS) is 10.3. The molecule has 4 nitrogen and oxygen atoms in total. The topological polar surface area (TPSA) is 70.0 Å². The van der Waals surface area contributed by atoms with Gasteiger partial charge < -0.3 is 0 Å². The molecule has 0 aromatic heterocycles. The molecule has 0 unspecified atom stereocenters. The number of nitrogens with zero attached hydrogens (tertiary/aromatic N) is 1. The minimum Gasteiger partial charge on any atom is -0.211 e. The summed E-state index contributed by atoms with van der Waals surface area (Å²) in [4.78, 5) is 0. The van der Waals surface area contributed by atoms with Crippen molar-refractivity contribution in [2.45, 2.75) is 0 Å². The minimum atomic E-state index is -3.38. The highest BCUT2D eigenvalue weighted by atomic mass is 32.2. The molecule has 0 aromatic rings. The van der Waals surface area contributed by atoms with Gasteiger partial charge in [-0.25, -0.2) is 13.1 Å². The van der Waals surface area contributed by atoms with Crippen molar-refractivity contribution in [3.63, 3.8) is 0 Å². The molecule has 0 spiro atoms. The average molecular weight is 160 g/mol. The summed E-state index contributed by atoms with van der Waals surface area (Å²) in [5.74, 6) is -0.499. The molecule has 10 heavy (non-hydrogen) atoms. The van der Waals surface area contributed by atoms with Crippen molar-refractivity contribution in [1.82, 2.24) is 4.72 Å². The lowest BCUT2D eigenvalue weighted by atomic mass is 10.7. The summed E-state index contributed by atoms with van der Waals surface area (Å²) >= 11 is 0. The zero-order chi connectivity index (χ0) is 8.04. The summed E-state index contributed by atoms with van der Waals surface area (Å²) in [5.41, 5.74) is 0. The fourth-order valence-electron chi connectivity index (χ4n) is 0.322. The Bertz CT molecular complexity index is 237. The van der Waals surface area contributed by atoms with E-state index in [1.165, 1.54) is 12.1 Å². The molecular weight excluding hydrogens is 152 g/mol. The van der Waals surface area contributed by atoms with E-state index in [0.29, 0.717) is 0 Å². The third-order valence-electron chi connectivity index (χ3n) is 0.702. The number of nitriles is 1. The van der Waals surface area contributed by atoms with Crippen LogP contribution in [0.3, 0.4) is 0 Å². The van der Waals surface area contributed by atoms with E-state index in [4.69, 9.17) is 5.26 Å². The summed E-state index contributed by atoms with van der Waals surface area (Å²) < 4.78 is 23.4. The number of nitrogens with one attached hydrogen (secondary N) is 1. The second-order valence-corrected chi connectivity index (χ2v) is 3.36. The number of hydrogen-bond donors (Lipinski definition) is 1. The Kier molecular flexibility index (Phi) is 3.69. The highest BCUT2D eigenvalue weighted by Crippen LogP contribution is 1.79. The Morgan fingerprint density at radius 3 is 2.70 bits per heavy atom. The van der Waals surface area contributed by atoms with Gasteiger partial charge in [-0.2, -0.15) is 5.26 Å². The molecule has 0 heterocycles. The summed E-state index contributed by atoms with van der Waals surface area (Å²) in [5, 5.41) is 8.01. The third kappa shape index (κ3) is 4.06. The quantitative estimate of drug-likeness (QED) is 0.570. The summed E-state index contributed by atoms with van der Waals surface area (Å²) in [7, 11) is -3.38. The molecule has 5 heteroatoms. The van der Waals surface area contributed by atoms with E-state index in [1.807, 2.05) is 0 Å². The van der Waals surface area contributed by atoms with Crippen molar-refractivity contribution >= 4 is 10.0 Å². The first kappa shape index (κ1) is 9.14. The molecule has 0 bridgehead atoms. The molecule has 0 amide bonds. The highest BCUT2D eigenvalue weighted by molar-refractivity contribution is 7.89. The molecule has 0 atom stereocenters. The molecule has 0 fully saturated rings. The number of rotatable bonds is 4. The first-order chi connectivity index (χ1) is 4.62. The van der Waals surface area contributed by atoms with E-state index < -0.39 is 15.8 Å². The molecule has 0 aliphatic carbocycles. The lowest BCUT2D eigenvalue weighted by Gasteiger charge is -1.96. The Morgan fingerprint density at radius 2 is 2.30 bits per heavy atom. The standard InChI is InChI=1S/C5H8N2O2S/c1-2-4-7-10(8,9)5-3-6/h2,7H,1,4-5H2. The van der Waals surface area contributed by atoms with Crippen molar-refractivity contribution in [2.24, 2.45) is 0 Å². The van der Waals surface area contributed by atoms with E-state index in [0.717, 1.165) is 0 Å². The largest absolute Gasteiger partial charge is 0.225 e. The first-order valence-corrected chi connectivity index (χ1v) is 4.23. The maximum atomic E-state index is 10.6. The van der Waals surface area contributed by atoms with Crippen LogP contribution in [0.5, 0.6) is 0 Å². The molecule has 56 valence electrons. The van der Waals surface area contributed by atoms with Gasteiger partial charge in [-0.1, -0.05) is 6.08 Å². The minimum absolute atomic E-state index is 0.171. The fraction of sp³-hybridized carbons (Fsp3) is 0.400. The summed E-state index contributed by atoms with van der Waals surface area (Å²) in [6.07, 6.45) is 1.41. The molecule has 0 aliphatic rings. The van der Waals surface area contributed by atoms with Crippen molar-refractivity contribution in [1.29, 1.82) is 5.26 Å². The van der Waals surface area contributed by atoms with E-state index in [1.54, 1.807) is 0 Å². The maximum Gasteiger partial charge on any atom is 0.225 e. The average Bonchev–Trinajstić information content (AvgIpc) is 1.84. The predicted octanol–water partition coefficient (Wildman–Crippen LogP) is -0.385. The predicted molar refractivity (Wildman–Crippen MR) is 37.6 cm³/mol. The van der Waals surface area contributed by atoms with Gasteiger partial charge in [0, 0.05) is 6.54 Å². The molecule has 0 aliphatic heterocycles. The van der Waals surface area contributed by atoms with E-state index in [2.05, 4.69) is 11.3 Å².